The largest absolute Gasteiger partial charge is 0.434 e. The van der Waals surface area contributed by atoms with Gasteiger partial charge in [-0.15, -0.1) is 11.3 Å². The number of alkyl halides is 5. The summed E-state index contributed by atoms with van der Waals surface area (Å²) in [6.45, 7) is 0.582. The average Bonchev–Trinajstić information content (AvgIpc) is 2.69. The molecule has 18 heavy (non-hydrogen) atoms. The van der Waals surface area contributed by atoms with E-state index in [0.29, 0.717) is 5.01 Å². The van der Waals surface area contributed by atoms with Crippen LogP contribution in [-0.4, -0.2) is 28.9 Å². The first-order valence-electron chi connectivity index (χ1n) is 5.38. The SMILES string of the molecule is FC1(F)CCN(Cc2nc(C(F)(F)F)cs2)CC1. The van der Waals surface area contributed by atoms with E-state index in [-0.39, 0.29) is 32.5 Å². The molecule has 2 nitrogen and oxygen atoms in total. The van der Waals surface area contributed by atoms with Crippen LogP contribution in [0.15, 0.2) is 5.38 Å². The van der Waals surface area contributed by atoms with Crippen LogP contribution >= 0.6 is 11.3 Å². The lowest BCUT2D eigenvalue weighted by molar-refractivity contribution is -0.140. The topological polar surface area (TPSA) is 16.1 Å². The van der Waals surface area contributed by atoms with Crippen molar-refractivity contribution < 1.29 is 22.0 Å². The average molecular weight is 286 g/mol. The third-order valence-electron chi connectivity index (χ3n) is 2.79. The van der Waals surface area contributed by atoms with Gasteiger partial charge in [-0.25, -0.2) is 13.8 Å². The van der Waals surface area contributed by atoms with Crippen LogP contribution < -0.4 is 0 Å². The molecule has 1 aromatic heterocycles. The molecule has 0 amide bonds. The van der Waals surface area contributed by atoms with Gasteiger partial charge in [0, 0.05) is 31.3 Å². The van der Waals surface area contributed by atoms with Gasteiger partial charge in [0.15, 0.2) is 5.69 Å². The van der Waals surface area contributed by atoms with E-state index < -0.39 is 17.8 Å². The zero-order chi connectivity index (χ0) is 13.4. The quantitative estimate of drug-likeness (QED) is 0.775. The van der Waals surface area contributed by atoms with Gasteiger partial charge in [0.25, 0.3) is 5.92 Å². The molecule has 0 atom stereocenters. The van der Waals surface area contributed by atoms with E-state index in [9.17, 15) is 22.0 Å². The fraction of sp³-hybridized carbons (Fsp3) is 0.700. The maximum absolute atomic E-state index is 12.9. The molecule has 1 aliphatic rings. The van der Waals surface area contributed by atoms with E-state index in [4.69, 9.17) is 0 Å². The second kappa shape index (κ2) is 4.73. The number of thiazole rings is 1. The van der Waals surface area contributed by atoms with Crippen molar-refractivity contribution in [1.82, 2.24) is 9.88 Å². The summed E-state index contributed by atoms with van der Waals surface area (Å²) >= 11 is 0.910. The molecule has 8 heteroatoms. The first-order valence-corrected chi connectivity index (χ1v) is 6.26. The lowest BCUT2D eigenvalue weighted by Gasteiger charge is -2.30. The number of halogens is 5. The summed E-state index contributed by atoms with van der Waals surface area (Å²) in [4.78, 5) is 5.18. The Morgan fingerprint density at radius 3 is 2.39 bits per heavy atom. The molecule has 0 N–H and O–H groups in total. The van der Waals surface area contributed by atoms with Crippen LogP contribution in [0.25, 0.3) is 0 Å². The summed E-state index contributed by atoms with van der Waals surface area (Å²) in [5.41, 5.74) is -0.912. The molecular formula is C10H11F5N2S. The molecule has 0 aromatic carbocycles. The maximum atomic E-state index is 12.9. The predicted molar refractivity (Wildman–Crippen MR) is 56.6 cm³/mol. The number of aromatic nitrogens is 1. The van der Waals surface area contributed by atoms with E-state index in [1.807, 2.05) is 0 Å². The second-order valence-corrected chi connectivity index (χ2v) is 5.20. The van der Waals surface area contributed by atoms with Gasteiger partial charge in [-0.05, 0) is 0 Å². The molecule has 1 aromatic rings. The van der Waals surface area contributed by atoms with E-state index in [2.05, 4.69) is 4.98 Å². The highest BCUT2D eigenvalue weighted by molar-refractivity contribution is 7.09. The third kappa shape index (κ3) is 3.38. The summed E-state index contributed by atoms with van der Waals surface area (Å²) in [5.74, 6) is -2.64. The van der Waals surface area contributed by atoms with Crippen LogP contribution in [0.1, 0.15) is 23.5 Å². The minimum atomic E-state index is -4.44. The molecule has 102 valence electrons. The zero-order valence-electron chi connectivity index (χ0n) is 9.31. The lowest BCUT2D eigenvalue weighted by Crippen LogP contribution is -2.38. The van der Waals surface area contributed by atoms with Gasteiger partial charge in [-0.1, -0.05) is 0 Å². The Kier molecular flexibility index (Phi) is 3.59. The van der Waals surface area contributed by atoms with E-state index >= 15 is 0 Å². The molecule has 0 saturated carbocycles. The molecule has 1 aliphatic heterocycles. The normalized spacial score (nSPS) is 21.2. The molecule has 2 rings (SSSR count). The Morgan fingerprint density at radius 2 is 1.89 bits per heavy atom. The number of hydrogen-bond acceptors (Lipinski definition) is 3. The summed E-state index contributed by atoms with van der Waals surface area (Å²) in [7, 11) is 0. The lowest BCUT2D eigenvalue weighted by atomic mass is 10.1. The standard InChI is InChI=1S/C10H11F5N2S/c11-9(12)1-3-17(4-2-9)5-8-16-7(6-18-8)10(13,14)15/h6H,1-5H2. The van der Waals surface area contributed by atoms with Gasteiger partial charge in [-0.2, -0.15) is 13.2 Å². The van der Waals surface area contributed by atoms with Gasteiger partial charge in [0.05, 0.1) is 6.54 Å². The molecular weight excluding hydrogens is 275 g/mol. The van der Waals surface area contributed by atoms with Crippen LogP contribution in [0.5, 0.6) is 0 Å². The van der Waals surface area contributed by atoms with E-state index in [1.165, 1.54) is 0 Å². The van der Waals surface area contributed by atoms with Crippen molar-refractivity contribution in [3.63, 3.8) is 0 Å². The Bertz CT molecular complexity index is 405. The smallest absolute Gasteiger partial charge is 0.296 e. The number of piperidine rings is 1. The van der Waals surface area contributed by atoms with Gasteiger partial charge >= 0.3 is 6.18 Å². The fourth-order valence-corrected chi connectivity index (χ4v) is 2.59. The third-order valence-corrected chi connectivity index (χ3v) is 3.62. The predicted octanol–water partition coefficient (Wildman–Crippen LogP) is 3.39. The van der Waals surface area contributed by atoms with Crippen molar-refractivity contribution in [3.8, 4) is 0 Å². The van der Waals surface area contributed by atoms with Crippen molar-refractivity contribution in [2.45, 2.75) is 31.5 Å². The number of nitrogens with zero attached hydrogens (tertiary/aromatic N) is 2. The summed E-state index contributed by atoms with van der Waals surface area (Å²) in [6, 6.07) is 0. The van der Waals surface area contributed by atoms with Crippen molar-refractivity contribution in [1.29, 1.82) is 0 Å². The minimum Gasteiger partial charge on any atom is -0.296 e. The minimum absolute atomic E-state index is 0.188. The van der Waals surface area contributed by atoms with Gasteiger partial charge in [0.2, 0.25) is 0 Å². The Hall–Kier alpha value is -0.760. The first kappa shape index (κ1) is 13.7. The van der Waals surface area contributed by atoms with Crippen molar-refractivity contribution in [2.75, 3.05) is 13.1 Å². The van der Waals surface area contributed by atoms with Gasteiger partial charge in [-0.3, -0.25) is 4.90 Å². The number of rotatable bonds is 2. The van der Waals surface area contributed by atoms with E-state index in [1.54, 1.807) is 4.90 Å². The van der Waals surface area contributed by atoms with Crippen LogP contribution in [-0.2, 0) is 12.7 Å². The molecule has 2 heterocycles. The Labute approximate surface area is 104 Å². The first-order chi connectivity index (χ1) is 8.26. The van der Waals surface area contributed by atoms with Crippen LogP contribution in [0.4, 0.5) is 22.0 Å². The van der Waals surface area contributed by atoms with Gasteiger partial charge in [0.1, 0.15) is 5.01 Å². The van der Waals surface area contributed by atoms with Crippen molar-refractivity contribution in [2.24, 2.45) is 0 Å². The van der Waals surface area contributed by atoms with Crippen LogP contribution in [0, 0.1) is 0 Å². The van der Waals surface area contributed by atoms with E-state index in [0.717, 1.165) is 16.7 Å². The summed E-state index contributed by atoms with van der Waals surface area (Å²) in [6.07, 6.45) is -4.93. The summed E-state index contributed by atoms with van der Waals surface area (Å²) < 4.78 is 62.7. The van der Waals surface area contributed by atoms with Crippen molar-refractivity contribution >= 4 is 11.3 Å². The van der Waals surface area contributed by atoms with Crippen LogP contribution in [0.2, 0.25) is 0 Å². The van der Waals surface area contributed by atoms with Crippen LogP contribution in [0.3, 0.4) is 0 Å². The highest BCUT2D eigenvalue weighted by Gasteiger charge is 2.35. The summed E-state index contributed by atoms with van der Waals surface area (Å²) in [5, 5.41) is 1.26. The number of likely N-dealkylation sites (tertiary alicyclic amines) is 1. The Balaban J connectivity index is 1.93. The second-order valence-electron chi connectivity index (χ2n) is 4.26. The highest BCUT2D eigenvalue weighted by Crippen LogP contribution is 2.32. The zero-order valence-corrected chi connectivity index (χ0v) is 10.1. The van der Waals surface area contributed by atoms with Gasteiger partial charge < -0.3 is 0 Å². The molecule has 0 bridgehead atoms. The molecule has 1 fully saturated rings. The fourth-order valence-electron chi connectivity index (χ4n) is 1.74. The maximum Gasteiger partial charge on any atom is 0.434 e. The molecule has 0 radical (unpaired) electrons. The molecule has 0 aliphatic carbocycles. The highest BCUT2D eigenvalue weighted by atomic mass is 32.1. The molecule has 0 unspecified atom stereocenters. The monoisotopic (exact) mass is 286 g/mol. The Morgan fingerprint density at radius 1 is 1.28 bits per heavy atom. The number of hydrogen-bond donors (Lipinski definition) is 0. The molecule has 0 spiro atoms. The molecule has 1 saturated heterocycles. The van der Waals surface area contributed by atoms with Crippen molar-refractivity contribution in [3.05, 3.63) is 16.1 Å².